The molecule has 1 aromatic heterocycles. The maximum atomic E-state index is 11.8. The smallest absolute Gasteiger partial charge is 0.307 e. The van der Waals surface area contributed by atoms with Crippen LogP contribution in [0.3, 0.4) is 0 Å². The SMILES string of the molecule is CCc1nc(CNC(=O)C2CCC2C(=O)O)cs1. The maximum absolute atomic E-state index is 11.8. The van der Waals surface area contributed by atoms with Crippen molar-refractivity contribution < 1.29 is 14.7 Å². The van der Waals surface area contributed by atoms with Gasteiger partial charge in [0.05, 0.1) is 29.1 Å². The van der Waals surface area contributed by atoms with Gasteiger partial charge in [0, 0.05) is 5.38 Å². The Morgan fingerprint density at radius 1 is 1.50 bits per heavy atom. The Kier molecular flexibility index (Phi) is 3.96. The first-order valence-electron chi connectivity index (χ1n) is 6.05. The highest BCUT2D eigenvalue weighted by atomic mass is 32.1. The molecule has 0 aromatic carbocycles. The molecule has 1 heterocycles. The highest BCUT2D eigenvalue weighted by molar-refractivity contribution is 7.09. The second-order valence-corrected chi connectivity index (χ2v) is 5.38. The van der Waals surface area contributed by atoms with Crippen LogP contribution in [0.4, 0.5) is 0 Å². The first kappa shape index (κ1) is 13.0. The summed E-state index contributed by atoms with van der Waals surface area (Å²) in [6.45, 7) is 2.42. The first-order chi connectivity index (χ1) is 8.61. The van der Waals surface area contributed by atoms with Crippen LogP contribution in [-0.4, -0.2) is 22.0 Å². The molecule has 98 valence electrons. The fourth-order valence-corrected chi connectivity index (χ4v) is 2.76. The number of hydrogen-bond acceptors (Lipinski definition) is 4. The molecule has 2 atom stereocenters. The number of aromatic nitrogens is 1. The average molecular weight is 268 g/mol. The summed E-state index contributed by atoms with van der Waals surface area (Å²) in [4.78, 5) is 27.0. The van der Waals surface area contributed by atoms with Gasteiger partial charge in [-0.15, -0.1) is 11.3 Å². The molecule has 5 nitrogen and oxygen atoms in total. The van der Waals surface area contributed by atoms with E-state index >= 15 is 0 Å². The highest BCUT2D eigenvalue weighted by Crippen LogP contribution is 2.34. The van der Waals surface area contributed by atoms with Crippen molar-refractivity contribution in [3.8, 4) is 0 Å². The van der Waals surface area contributed by atoms with Crippen LogP contribution in [0.15, 0.2) is 5.38 Å². The van der Waals surface area contributed by atoms with E-state index in [0.717, 1.165) is 17.1 Å². The van der Waals surface area contributed by atoms with Gasteiger partial charge in [0.1, 0.15) is 0 Å². The summed E-state index contributed by atoms with van der Waals surface area (Å²) in [6.07, 6.45) is 2.16. The minimum atomic E-state index is -0.872. The maximum Gasteiger partial charge on any atom is 0.307 e. The summed E-state index contributed by atoms with van der Waals surface area (Å²) in [5.41, 5.74) is 0.844. The van der Waals surface area contributed by atoms with Gasteiger partial charge in [0.2, 0.25) is 5.91 Å². The molecule has 1 fully saturated rings. The third-order valence-corrected chi connectivity index (χ3v) is 4.32. The van der Waals surface area contributed by atoms with Crippen molar-refractivity contribution in [3.63, 3.8) is 0 Å². The van der Waals surface area contributed by atoms with E-state index in [1.807, 2.05) is 12.3 Å². The quantitative estimate of drug-likeness (QED) is 0.846. The van der Waals surface area contributed by atoms with E-state index in [-0.39, 0.29) is 11.8 Å². The molecule has 1 aliphatic rings. The van der Waals surface area contributed by atoms with Gasteiger partial charge in [-0.2, -0.15) is 0 Å². The van der Waals surface area contributed by atoms with E-state index in [0.29, 0.717) is 19.4 Å². The molecule has 2 rings (SSSR count). The van der Waals surface area contributed by atoms with Gasteiger partial charge in [-0.1, -0.05) is 6.92 Å². The van der Waals surface area contributed by atoms with E-state index in [4.69, 9.17) is 5.11 Å². The van der Waals surface area contributed by atoms with Crippen molar-refractivity contribution in [2.45, 2.75) is 32.7 Å². The number of carboxylic acid groups (broad SMARTS) is 1. The van der Waals surface area contributed by atoms with Crippen LogP contribution in [0.2, 0.25) is 0 Å². The Morgan fingerprint density at radius 3 is 2.72 bits per heavy atom. The number of aryl methyl sites for hydroxylation is 1. The van der Waals surface area contributed by atoms with E-state index in [9.17, 15) is 9.59 Å². The number of rotatable bonds is 5. The molecule has 0 spiro atoms. The Morgan fingerprint density at radius 2 is 2.22 bits per heavy atom. The largest absolute Gasteiger partial charge is 0.481 e. The van der Waals surface area contributed by atoms with Crippen molar-refractivity contribution in [3.05, 3.63) is 16.1 Å². The van der Waals surface area contributed by atoms with E-state index in [2.05, 4.69) is 10.3 Å². The van der Waals surface area contributed by atoms with E-state index in [1.165, 1.54) is 0 Å². The number of amides is 1. The lowest BCUT2D eigenvalue weighted by atomic mass is 9.73. The van der Waals surface area contributed by atoms with Gasteiger partial charge in [0.15, 0.2) is 0 Å². The van der Waals surface area contributed by atoms with Crippen LogP contribution < -0.4 is 5.32 Å². The minimum Gasteiger partial charge on any atom is -0.481 e. The minimum absolute atomic E-state index is 0.167. The van der Waals surface area contributed by atoms with Crippen LogP contribution in [0, 0.1) is 11.8 Å². The van der Waals surface area contributed by atoms with Crippen molar-refractivity contribution >= 4 is 23.2 Å². The second kappa shape index (κ2) is 5.48. The standard InChI is InChI=1S/C12H16N2O3S/c1-2-10-14-7(6-18-10)5-13-11(15)8-3-4-9(8)12(16)17/h6,8-9H,2-5H2,1H3,(H,13,15)(H,16,17). The molecule has 0 saturated heterocycles. The zero-order chi connectivity index (χ0) is 13.1. The summed E-state index contributed by atoms with van der Waals surface area (Å²) in [5.74, 6) is -1.92. The second-order valence-electron chi connectivity index (χ2n) is 4.43. The van der Waals surface area contributed by atoms with Crippen LogP contribution >= 0.6 is 11.3 Å². The van der Waals surface area contributed by atoms with Gasteiger partial charge in [-0.25, -0.2) is 4.98 Å². The number of carbonyl (C=O) groups is 2. The van der Waals surface area contributed by atoms with Gasteiger partial charge < -0.3 is 10.4 Å². The summed E-state index contributed by atoms with van der Waals surface area (Å²) < 4.78 is 0. The van der Waals surface area contributed by atoms with E-state index < -0.39 is 11.9 Å². The summed E-state index contributed by atoms with van der Waals surface area (Å²) in [6, 6.07) is 0. The molecule has 6 heteroatoms. The van der Waals surface area contributed by atoms with Gasteiger partial charge >= 0.3 is 5.97 Å². The van der Waals surface area contributed by atoms with Crippen molar-refractivity contribution in [1.82, 2.24) is 10.3 Å². The number of thiazole rings is 1. The molecule has 1 aliphatic carbocycles. The molecule has 18 heavy (non-hydrogen) atoms. The Labute approximate surface area is 109 Å². The third kappa shape index (κ3) is 2.69. The zero-order valence-electron chi connectivity index (χ0n) is 10.2. The molecule has 1 amide bonds. The molecule has 0 bridgehead atoms. The topological polar surface area (TPSA) is 79.3 Å². The third-order valence-electron chi connectivity index (χ3n) is 3.27. The van der Waals surface area contributed by atoms with Crippen LogP contribution in [0.1, 0.15) is 30.5 Å². The Bertz CT molecular complexity index is 458. The zero-order valence-corrected chi connectivity index (χ0v) is 11.0. The van der Waals surface area contributed by atoms with Crippen molar-refractivity contribution in [1.29, 1.82) is 0 Å². The lowest BCUT2D eigenvalue weighted by Gasteiger charge is -2.31. The Balaban J connectivity index is 1.83. The lowest BCUT2D eigenvalue weighted by Crippen LogP contribution is -2.43. The van der Waals surface area contributed by atoms with E-state index in [1.54, 1.807) is 11.3 Å². The van der Waals surface area contributed by atoms with Crippen LogP contribution in [0.25, 0.3) is 0 Å². The Hall–Kier alpha value is -1.43. The number of aliphatic carboxylic acids is 1. The highest BCUT2D eigenvalue weighted by Gasteiger charge is 2.41. The summed E-state index contributed by atoms with van der Waals surface area (Å²) in [5, 5.41) is 14.6. The first-order valence-corrected chi connectivity index (χ1v) is 6.93. The number of carboxylic acids is 1. The molecule has 0 aliphatic heterocycles. The predicted molar refractivity (Wildman–Crippen MR) is 67.2 cm³/mol. The lowest BCUT2D eigenvalue weighted by molar-refractivity contribution is -0.152. The van der Waals surface area contributed by atoms with Crippen LogP contribution in [0.5, 0.6) is 0 Å². The normalized spacial score (nSPS) is 22.3. The van der Waals surface area contributed by atoms with Crippen molar-refractivity contribution in [2.24, 2.45) is 11.8 Å². The van der Waals surface area contributed by atoms with Gasteiger partial charge in [0.25, 0.3) is 0 Å². The molecule has 1 aromatic rings. The molecular formula is C12H16N2O3S. The molecule has 1 saturated carbocycles. The van der Waals surface area contributed by atoms with Crippen LogP contribution in [-0.2, 0) is 22.6 Å². The number of hydrogen-bond donors (Lipinski definition) is 2. The molecule has 2 N–H and O–H groups in total. The van der Waals surface area contributed by atoms with Crippen molar-refractivity contribution in [2.75, 3.05) is 0 Å². The average Bonchev–Trinajstić information content (AvgIpc) is 2.71. The fourth-order valence-electron chi connectivity index (χ4n) is 2.01. The number of nitrogens with zero attached hydrogens (tertiary/aromatic N) is 1. The number of nitrogens with one attached hydrogen (secondary N) is 1. The predicted octanol–water partition coefficient (Wildman–Crippen LogP) is 1.43. The number of carbonyl (C=O) groups excluding carboxylic acids is 1. The molecule has 0 radical (unpaired) electrons. The monoisotopic (exact) mass is 268 g/mol. The van der Waals surface area contributed by atoms with Gasteiger partial charge in [-0.3, -0.25) is 9.59 Å². The fraction of sp³-hybridized carbons (Fsp3) is 0.583. The summed E-state index contributed by atoms with van der Waals surface area (Å²) >= 11 is 1.58. The van der Waals surface area contributed by atoms with Gasteiger partial charge in [-0.05, 0) is 19.3 Å². The summed E-state index contributed by atoms with van der Waals surface area (Å²) in [7, 11) is 0. The molecule has 2 unspecified atom stereocenters. The molecular weight excluding hydrogens is 252 g/mol.